The Kier molecular flexibility index (Phi) is 7.80. The molecule has 1 rings (SSSR count). The van der Waals surface area contributed by atoms with Crippen molar-refractivity contribution in [3.05, 3.63) is 35.1 Å². The summed E-state index contributed by atoms with van der Waals surface area (Å²) in [6, 6.07) is 6.30. The van der Waals surface area contributed by atoms with Crippen molar-refractivity contribution in [2.24, 2.45) is 0 Å². The number of halogens is 1. The second-order valence-electron chi connectivity index (χ2n) is 4.41. The third-order valence-electron chi connectivity index (χ3n) is 2.79. The molecule has 0 spiro atoms. The number of hydrogen-bond donors (Lipinski definition) is 1. The van der Waals surface area contributed by atoms with Crippen LogP contribution in [0, 0.1) is 17.1 Å². The fraction of sp³-hybridized carbons (Fsp3) is 0.533. The van der Waals surface area contributed by atoms with Crippen LogP contribution in [-0.4, -0.2) is 19.8 Å². The van der Waals surface area contributed by atoms with Crippen molar-refractivity contribution in [2.75, 3.05) is 19.8 Å². The minimum atomic E-state index is -0.307. The van der Waals surface area contributed by atoms with Crippen molar-refractivity contribution >= 4 is 0 Å². The lowest BCUT2D eigenvalue weighted by molar-refractivity contribution is 0.129. The van der Waals surface area contributed by atoms with Crippen LogP contribution in [0.3, 0.4) is 0 Å². The Morgan fingerprint density at radius 3 is 2.84 bits per heavy atom. The maximum atomic E-state index is 13.1. The van der Waals surface area contributed by atoms with E-state index in [2.05, 4.69) is 18.3 Å². The van der Waals surface area contributed by atoms with Gasteiger partial charge in [0, 0.05) is 19.8 Å². The summed E-state index contributed by atoms with van der Waals surface area (Å²) in [5.74, 6) is -0.307. The van der Waals surface area contributed by atoms with Crippen molar-refractivity contribution in [1.82, 2.24) is 5.32 Å². The lowest BCUT2D eigenvalue weighted by Gasteiger charge is -2.07. The van der Waals surface area contributed by atoms with Gasteiger partial charge in [0.15, 0.2) is 0 Å². The van der Waals surface area contributed by atoms with Gasteiger partial charge < -0.3 is 10.1 Å². The summed E-state index contributed by atoms with van der Waals surface area (Å²) in [6.45, 7) is 5.00. The molecule has 0 aliphatic heterocycles. The summed E-state index contributed by atoms with van der Waals surface area (Å²) in [4.78, 5) is 0. The summed E-state index contributed by atoms with van der Waals surface area (Å²) >= 11 is 0. The third kappa shape index (κ3) is 6.32. The Morgan fingerprint density at radius 2 is 2.11 bits per heavy atom. The van der Waals surface area contributed by atoms with Gasteiger partial charge in [0.05, 0.1) is 11.6 Å². The number of nitrogens with one attached hydrogen (secondary N) is 1. The van der Waals surface area contributed by atoms with Crippen LogP contribution in [0.15, 0.2) is 18.2 Å². The van der Waals surface area contributed by atoms with Crippen molar-refractivity contribution < 1.29 is 9.13 Å². The first kappa shape index (κ1) is 15.6. The standard InChI is InChI=1S/C15H21FN2O/c1-2-3-8-19-9-4-7-18-12-14-10-15(16)6-5-13(14)11-17/h5-6,10,18H,2-4,7-9,12H2,1H3. The second kappa shape index (κ2) is 9.48. The van der Waals surface area contributed by atoms with Crippen molar-refractivity contribution in [3.8, 4) is 6.07 Å². The van der Waals surface area contributed by atoms with Crippen LogP contribution in [0.2, 0.25) is 0 Å². The number of hydrogen-bond acceptors (Lipinski definition) is 3. The van der Waals surface area contributed by atoms with Gasteiger partial charge in [0.1, 0.15) is 5.82 Å². The number of nitrogens with zero attached hydrogens (tertiary/aromatic N) is 1. The van der Waals surface area contributed by atoms with E-state index in [1.54, 1.807) is 0 Å². The molecule has 3 nitrogen and oxygen atoms in total. The van der Waals surface area contributed by atoms with E-state index >= 15 is 0 Å². The van der Waals surface area contributed by atoms with E-state index in [9.17, 15) is 4.39 Å². The van der Waals surface area contributed by atoms with Gasteiger partial charge in [-0.05, 0) is 43.1 Å². The van der Waals surface area contributed by atoms with Crippen molar-refractivity contribution in [3.63, 3.8) is 0 Å². The zero-order valence-corrected chi connectivity index (χ0v) is 11.4. The van der Waals surface area contributed by atoms with Gasteiger partial charge in [-0.15, -0.1) is 0 Å². The molecule has 0 unspecified atom stereocenters. The number of unbranched alkanes of at least 4 members (excludes halogenated alkanes) is 1. The lowest BCUT2D eigenvalue weighted by atomic mass is 10.1. The monoisotopic (exact) mass is 264 g/mol. The first-order valence-electron chi connectivity index (χ1n) is 6.75. The highest BCUT2D eigenvalue weighted by atomic mass is 19.1. The van der Waals surface area contributed by atoms with Gasteiger partial charge in [-0.2, -0.15) is 5.26 Å². The highest BCUT2D eigenvalue weighted by Gasteiger charge is 2.03. The SMILES string of the molecule is CCCCOCCCNCc1cc(F)ccc1C#N. The lowest BCUT2D eigenvalue weighted by Crippen LogP contribution is -2.17. The van der Waals surface area contributed by atoms with E-state index in [1.165, 1.54) is 18.2 Å². The maximum Gasteiger partial charge on any atom is 0.123 e. The molecule has 0 aliphatic carbocycles. The largest absolute Gasteiger partial charge is 0.381 e. The molecule has 0 aliphatic rings. The second-order valence-corrected chi connectivity index (χ2v) is 4.41. The Bertz CT molecular complexity index is 415. The van der Waals surface area contributed by atoms with Gasteiger partial charge in [-0.25, -0.2) is 4.39 Å². The quantitative estimate of drug-likeness (QED) is 0.697. The molecule has 4 heteroatoms. The Balaban J connectivity index is 2.19. The van der Waals surface area contributed by atoms with E-state index in [1.807, 2.05) is 0 Å². The number of ether oxygens (including phenoxy) is 1. The highest BCUT2D eigenvalue weighted by molar-refractivity contribution is 5.37. The number of benzene rings is 1. The minimum Gasteiger partial charge on any atom is -0.381 e. The summed E-state index contributed by atoms with van der Waals surface area (Å²) in [6.07, 6.45) is 3.16. The Hall–Kier alpha value is -1.44. The first-order chi connectivity index (χ1) is 9.27. The molecule has 0 fully saturated rings. The van der Waals surface area contributed by atoms with Crippen LogP contribution >= 0.6 is 0 Å². The van der Waals surface area contributed by atoms with Crippen LogP contribution in [0.25, 0.3) is 0 Å². The molecule has 1 N–H and O–H groups in total. The van der Waals surface area contributed by atoms with Crippen LogP contribution in [0.4, 0.5) is 4.39 Å². The van der Waals surface area contributed by atoms with E-state index in [-0.39, 0.29) is 5.82 Å². The smallest absolute Gasteiger partial charge is 0.123 e. The van der Waals surface area contributed by atoms with E-state index in [4.69, 9.17) is 10.00 Å². The summed E-state index contributed by atoms with van der Waals surface area (Å²) < 4.78 is 18.5. The molecular formula is C15H21FN2O. The zero-order chi connectivity index (χ0) is 13.9. The van der Waals surface area contributed by atoms with Gasteiger partial charge in [0.2, 0.25) is 0 Å². The van der Waals surface area contributed by atoms with Crippen LogP contribution in [-0.2, 0) is 11.3 Å². The average molecular weight is 264 g/mol. The average Bonchev–Trinajstić information content (AvgIpc) is 2.42. The molecule has 1 aromatic carbocycles. The fourth-order valence-corrected chi connectivity index (χ4v) is 1.69. The summed E-state index contributed by atoms with van der Waals surface area (Å²) in [5.41, 5.74) is 1.22. The molecule has 0 saturated heterocycles. The topological polar surface area (TPSA) is 45.0 Å². The van der Waals surface area contributed by atoms with Gasteiger partial charge >= 0.3 is 0 Å². The van der Waals surface area contributed by atoms with Crippen molar-refractivity contribution in [2.45, 2.75) is 32.7 Å². The van der Waals surface area contributed by atoms with Crippen LogP contribution in [0.5, 0.6) is 0 Å². The number of nitriles is 1. The molecule has 19 heavy (non-hydrogen) atoms. The maximum absolute atomic E-state index is 13.1. The van der Waals surface area contributed by atoms with E-state index in [0.29, 0.717) is 17.7 Å². The molecule has 0 amide bonds. The minimum absolute atomic E-state index is 0.307. The summed E-state index contributed by atoms with van der Waals surface area (Å²) in [7, 11) is 0. The summed E-state index contributed by atoms with van der Waals surface area (Å²) in [5, 5.41) is 12.1. The van der Waals surface area contributed by atoms with Crippen LogP contribution in [0.1, 0.15) is 37.3 Å². The fourth-order valence-electron chi connectivity index (χ4n) is 1.69. The molecule has 104 valence electrons. The molecule has 1 aromatic rings. The van der Waals surface area contributed by atoms with Crippen LogP contribution < -0.4 is 5.32 Å². The Morgan fingerprint density at radius 1 is 1.32 bits per heavy atom. The normalized spacial score (nSPS) is 10.4. The zero-order valence-electron chi connectivity index (χ0n) is 11.4. The van der Waals surface area contributed by atoms with Crippen molar-refractivity contribution in [1.29, 1.82) is 5.26 Å². The molecule has 0 radical (unpaired) electrons. The molecular weight excluding hydrogens is 243 g/mol. The molecule has 0 saturated carbocycles. The van der Waals surface area contributed by atoms with E-state index in [0.717, 1.165) is 39.0 Å². The van der Waals surface area contributed by atoms with Gasteiger partial charge in [-0.3, -0.25) is 0 Å². The molecule has 0 heterocycles. The van der Waals surface area contributed by atoms with E-state index < -0.39 is 0 Å². The Labute approximate surface area is 114 Å². The highest BCUT2D eigenvalue weighted by Crippen LogP contribution is 2.10. The predicted molar refractivity (Wildman–Crippen MR) is 73.2 cm³/mol. The number of rotatable bonds is 9. The third-order valence-corrected chi connectivity index (χ3v) is 2.79. The first-order valence-corrected chi connectivity index (χ1v) is 6.75. The molecule has 0 aromatic heterocycles. The van der Waals surface area contributed by atoms with Gasteiger partial charge in [0.25, 0.3) is 0 Å². The predicted octanol–water partition coefficient (Wildman–Crippen LogP) is 2.99. The molecule has 0 bridgehead atoms. The van der Waals surface area contributed by atoms with Gasteiger partial charge in [-0.1, -0.05) is 13.3 Å². The molecule has 0 atom stereocenters.